The zero-order valence-electron chi connectivity index (χ0n) is 23.2. The van der Waals surface area contributed by atoms with E-state index < -0.39 is 6.23 Å². The van der Waals surface area contributed by atoms with Gasteiger partial charge in [0.25, 0.3) is 0 Å². The molecule has 6 heteroatoms. The number of rotatable bonds is 9. The molecule has 1 fully saturated rings. The normalized spacial score (nSPS) is 20.2. The second-order valence-corrected chi connectivity index (χ2v) is 11.1. The van der Waals surface area contributed by atoms with Crippen molar-refractivity contribution in [1.29, 1.82) is 0 Å². The maximum Gasteiger partial charge on any atom is 0.239 e. The summed E-state index contributed by atoms with van der Waals surface area (Å²) in [4.78, 5) is 17.6. The Morgan fingerprint density at radius 3 is 2.40 bits per heavy atom. The molecule has 1 aliphatic carbocycles. The molecule has 3 aromatic carbocycles. The number of aromatic nitrogens is 1. The average molecular weight is 538 g/mol. The van der Waals surface area contributed by atoms with Crippen molar-refractivity contribution in [2.24, 2.45) is 5.92 Å². The summed E-state index contributed by atoms with van der Waals surface area (Å²) in [6, 6.07) is 26.8. The number of H-pyrrole nitrogens is 1. The van der Waals surface area contributed by atoms with Gasteiger partial charge in [0.15, 0.2) is 6.23 Å². The molecule has 3 atom stereocenters. The van der Waals surface area contributed by atoms with Crippen molar-refractivity contribution >= 4 is 16.8 Å². The Balaban J connectivity index is 1.24. The fraction of sp³-hybridized carbons (Fsp3) is 0.382. The second kappa shape index (κ2) is 12.4. The quantitative estimate of drug-likeness (QED) is 0.169. The fourth-order valence-corrected chi connectivity index (χ4v) is 6.46. The van der Waals surface area contributed by atoms with Crippen LogP contribution in [0.2, 0.25) is 0 Å². The number of hydrogen-bond acceptors (Lipinski definition) is 4. The van der Waals surface area contributed by atoms with Crippen LogP contribution in [0.4, 0.5) is 0 Å². The minimum absolute atomic E-state index is 0.0358. The van der Waals surface area contributed by atoms with Crippen molar-refractivity contribution in [1.82, 2.24) is 15.6 Å². The average Bonchev–Trinajstić information content (AvgIpc) is 3.40. The first-order valence-electron chi connectivity index (χ1n) is 14.6. The van der Waals surface area contributed by atoms with E-state index in [-0.39, 0.29) is 18.0 Å². The van der Waals surface area contributed by atoms with Crippen molar-refractivity contribution in [2.75, 3.05) is 20.3 Å². The van der Waals surface area contributed by atoms with Gasteiger partial charge in [-0.15, -0.1) is 0 Å². The summed E-state index contributed by atoms with van der Waals surface area (Å²) in [5, 5.41) is 8.22. The summed E-state index contributed by atoms with van der Waals surface area (Å²) in [6.45, 7) is 0.843. The Kier molecular flexibility index (Phi) is 8.28. The molecule has 1 unspecified atom stereocenters. The molecule has 3 N–H and O–H groups in total. The van der Waals surface area contributed by atoms with Gasteiger partial charge >= 0.3 is 0 Å². The van der Waals surface area contributed by atoms with E-state index in [1.807, 2.05) is 30.3 Å². The Morgan fingerprint density at radius 1 is 0.900 bits per heavy atom. The van der Waals surface area contributed by atoms with Gasteiger partial charge in [-0.1, -0.05) is 92.1 Å². The maximum atomic E-state index is 13.9. The number of ether oxygens (including phenoxy) is 2. The van der Waals surface area contributed by atoms with E-state index in [1.54, 1.807) is 7.11 Å². The Morgan fingerprint density at radius 2 is 1.62 bits per heavy atom. The molecule has 40 heavy (non-hydrogen) atoms. The molecule has 6 rings (SSSR count). The molecule has 0 bridgehead atoms. The van der Waals surface area contributed by atoms with Crippen molar-refractivity contribution in [3.05, 3.63) is 95.7 Å². The highest BCUT2D eigenvalue weighted by Gasteiger charge is 2.38. The van der Waals surface area contributed by atoms with Crippen LogP contribution >= 0.6 is 0 Å². The molecule has 0 spiro atoms. The molecule has 2 aliphatic rings. The van der Waals surface area contributed by atoms with Crippen molar-refractivity contribution < 1.29 is 14.3 Å². The van der Waals surface area contributed by atoms with E-state index in [4.69, 9.17) is 9.47 Å². The Labute approximate surface area is 236 Å². The first kappa shape index (κ1) is 26.8. The molecule has 4 aromatic rings. The van der Waals surface area contributed by atoms with Crippen molar-refractivity contribution in [3.8, 4) is 11.1 Å². The van der Waals surface area contributed by atoms with Gasteiger partial charge in [0, 0.05) is 29.3 Å². The van der Waals surface area contributed by atoms with E-state index in [2.05, 4.69) is 64.1 Å². The molecule has 1 aliphatic heterocycles. The lowest BCUT2D eigenvalue weighted by molar-refractivity contribution is -0.129. The van der Waals surface area contributed by atoms with Crippen LogP contribution < -0.4 is 10.6 Å². The smallest absolute Gasteiger partial charge is 0.239 e. The first-order chi connectivity index (χ1) is 19.7. The van der Waals surface area contributed by atoms with Gasteiger partial charge in [0.05, 0.1) is 25.3 Å². The Bertz CT molecular complexity index is 1410. The molecule has 2 heterocycles. The highest BCUT2D eigenvalue weighted by Crippen LogP contribution is 2.40. The molecule has 0 radical (unpaired) electrons. The molecular weight excluding hydrogens is 498 g/mol. The summed E-state index contributed by atoms with van der Waals surface area (Å²) in [7, 11) is 1.65. The number of para-hydroxylation sites is 1. The third-order valence-corrected chi connectivity index (χ3v) is 8.55. The number of methoxy groups -OCH3 is 1. The van der Waals surface area contributed by atoms with Gasteiger partial charge in [0.2, 0.25) is 5.91 Å². The summed E-state index contributed by atoms with van der Waals surface area (Å²) in [5.41, 5.74) is 6.88. The lowest BCUT2D eigenvalue weighted by Crippen LogP contribution is -2.52. The first-order valence-corrected chi connectivity index (χ1v) is 14.6. The predicted molar refractivity (Wildman–Crippen MR) is 159 cm³/mol. The number of amides is 1. The van der Waals surface area contributed by atoms with E-state index >= 15 is 0 Å². The number of carbonyl (C=O) groups excluding carboxylic acids is 1. The minimum atomic E-state index is -0.563. The minimum Gasteiger partial charge on any atom is -0.382 e. The van der Waals surface area contributed by atoms with E-state index in [1.165, 1.54) is 48.7 Å². The van der Waals surface area contributed by atoms with Crippen LogP contribution in [0, 0.1) is 5.92 Å². The molecular formula is C34H39N3O3. The largest absolute Gasteiger partial charge is 0.382 e. The lowest BCUT2D eigenvalue weighted by Gasteiger charge is -2.37. The number of hydrogen-bond donors (Lipinski definition) is 3. The zero-order chi connectivity index (χ0) is 27.3. The van der Waals surface area contributed by atoms with Crippen LogP contribution in [-0.2, 0) is 20.7 Å². The van der Waals surface area contributed by atoms with E-state index in [9.17, 15) is 4.79 Å². The summed E-state index contributed by atoms with van der Waals surface area (Å²) in [6.07, 6.45) is 6.27. The third kappa shape index (κ3) is 5.71. The standard InChI is InChI=1S/C34H39N3O3/c1-39-20-21-40-34(26-18-16-24(17-19-26)23-10-4-2-5-11-23)37-33(38)30-22-28-27-14-8-9-15-29(27)35-32(28)31(36-30)25-12-6-3-7-13-25/h2,4-5,8-11,14-19,25,30-31,34-36H,3,6-7,12-13,20-22H2,1H3,(H,37,38)/t30-,31+,34?/m1/s1. The topological polar surface area (TPSA) is 75.4 Å². The molecule has 6 nitrogen and oxygen atoms in total. The number of nitrogens with one attached hydrogen (secondary N) is 3. The SMILES string of the molecule is COCCOC(NC(=O)[C@H]1Cc2c([nH]c3ccccc23)[C@H](C2CCCCC2)N1)c1ccc(-c2ccccc2)cc1. The molecule has 1 amide bonds. The Hall–Kier alpha value is -3.45. The van der Waals surface area contributed by atoms with Crippen molar-refractivity contribution in [3.63, 3.8) is 0 Å². The van der Waals surface area contributed by atoms with Crippen LogP contribution in [0.1, 0.15) is 61.2 Å². The van der Waals surface area contributed by atoms with Gasteiger partial charge in [-0.3, -0.25) is 10.1 Å². The number of fused-ring (bicyclic) bond motifs is 3. The van der Waals surface area contributed by atoms with Gasteiger partial charge in [-0.25, -0.2) is 0 Å². The van der Waals surface area contributed by atoms with Crippen LogP contribution in [0.25, 0.3) is 22.0 Å². The number of aromatic amines is 1. The van der Waals surface area contributed by atoms with E-state index in [0.717, 1.165) is 22.2 Å². The van der Waals surface area contributed by atoms with Crippen LogP contribution in [0.15, 0.2) is 78.9 Å². The van der Waals surface area contributed by atoms with Crippen molar-refractivity contribution in [2.45, 2.75) is 56.8 Å². The van der Waals surface area contributed by atoms with Gasteiger partial charge < -0.3 is 19.8 Å². The molecule has 1 aromatic heterocycles. The third-order valence-electron chi connectivity index (χ3n) is 8.55. The van der Waals surface area contributed by atoms with Gasteiger partial charge in [0.1, 0.15) is 0 Å². The second-order valence-electron chi connectivity index (χ2n) is 11.1. The zero-order valence-corrected chi connectivity index (χ0v) is 23.2. The van der Waals surface area contributed by atoms with Gasteiger partial charge in [-0.2, -0.15) is 0 Å². The monoisotopic (exact) mass is 537 g/mol. The summed E-state index contributed by atoms with van der Waals surface area (Å²) < 4.78 is 11.4. The lowest BCUT2D eigenvalue weighted by atomic mass is 9.79. The predicted octanol–water partition coefficient (Wildman–Crippen LogP) is 6.45. The van der Waals surface area contributed by atoms with Crippen LogP contribution in [-0.4, -0.2) is 37.3 Å². The van der Waals surface area contributed by atoms with Crippen LogP contribution in [0.5, 0.6) is 0 Å². The maximum absolute atomic E-state index is 13.9. The fourth-order valence-electron chi connectivity index (χ4n) is 6.46. The highest BCUT2D eigenvalue weighted by molar-refractivity contribution is 5.88. The van der Waals surface area contributed by atoms with Crippen LogP contribution in [0.3, 0.4) is 0 Å². The summed E-state index contributed by atoms with van der Waals surface area (Å²) >= 11 is 0. The van der Waals surface area contributed by atoms with E-state index in [0.29, 0.717) is 25.6 Å². The molecule has 0 saturated heterocycles. The van der Waals surface area contributed by atoms with Gasteiger partial charge in [-0.05, 0) is 47.9 Å². The molecule has 208 valence electrons. The summed E-state index contributed by atoms with van der Waals surface area (Å²) in [5.74, 6) is 0.488. The highest BCUT2D eigenvalue weighted by atomic mass is 16.5. The molecule has 1 saturated carbocycles. The number of carbonyl (C=O) groups is 1. The number of benzene rings is 3.